The molecule has 2 N–H and O–H groups in total. The third-order valence-corrected chi connectivity index (χ3v) is 6.19. The van der Waals surface area contributed by atoms with Gasteiger partial charge >= 0.3 is 0 Å². The molecule has 0 aliphatic carbocycles. The molecule has 1 aromatic heterocycles. The van der Waals surface area contributed by atoms with Crippen molar-refractivity contribution in [2.75, 3.05) is 18.1 Å². The van der Waals surface area contributed by atoms with Gasteiger partial charge in [0.1, 0.15) is 5.76 Å². The zero-order valence-electron chi connectivity index (χ0n) is 17.6. The van der Waals surface area contributed by atoms with E-state index >= 15 is 0 Å². The number of nitrogens with zero attached hydrogens (tertiary/aromatic N) is 1. The number of furan rings is 1. The highest BCUT2D eigenvalue weighted by Gasteiger charge is 2.21. The first-order chi connectivity index (χ1) is 15.5. The fraction of sp³-hybridized carbons (Fsp3) is 0.208. The summed E-state index contributed by atoms with van der Waals surface area (Å²) in [6, 6.07) is 16.1. The number of hydrogen-bond acceptors (Lipinski definition) is 5. The summed E-state index contributed by atoms with van der Waals surface area (Å²) in [6.07, 6.45) is 2.02. The van der Waals surface area contributed by atoms with Gasteiger partial charge in [-0.25, -0.2) is 0 Å². The van der Waals surface area contributed by atoms with E-state index < -0.39 is 0 Å². The van der Waals surface area contributed by atoms with E-state index in [1.54, 1.807) is 60.3 Å². The molecule has 0 fully saturated rings. The Balaban J connectivity index is 1.59. The van der Waals surface area contributed by atoms with Gasteiger partial charge in [-0.1, -0.05) is 12.1 Å². The van der Waals surface area contributed by atoms with Gasteiger partial charge in [0, 0.05) is 41.8 Å². The van der Waals surface area contributed by atoms with Gasteiger partial charge in [-0.2, -0.15) is 0 Å². The number of amides is 3. The van der Waals surface area contributed by atoms with Crippen LogP contribution < -0.4 is 10.6 Å². The highest BCUT2D eigenvalue weighted by Crippen LogP contribution is 2.32. The molecule has 164 valence electrons. The van der Waals surface area contributed by atoms with Crippen LogP contribution in [0.5, 0.6) is 0 Å². The van der Waals surface area contributed by atoms with Crippen molar-refractivity contribution in [2.24, 2.45) is 0 Å². The van der Waals surface area contributed by atoms with Crippen molar-refractivity contribution < 1.29 is 18.8 Å². The molecule has 32 heavy (non-hydrogen) atoms. The van der Waals surface area contributed by atoms with Crippen molar-refractivity contribution >= 4 is 35.2 Å². The summed E-state index contributed by atoms with van der Waals surface area (Å²) in [4.78, 5) is 39.8. The molecular formula is C24H23N3O4S. The molecule has 0 radical (unpaired) electrons. The normalized spacial score (nSPS) is 13.0. The Morgan fingerprint density at radius 2 is 1.88 bits per heavy atom. The Morgan fingerprint density at radius 3 is 2.59 bits per heavy atom. The number of carbonyl (C=O) groups excluding carboxylic acids is 3. The van der Waals surface area contributed by atoms with Crippen molar-refractivity contribution in [1.82, 2.24) is 10.2 Å². The lowest BCUT2D eigenvalue weighted by atomic mass is 10.1. The van der Waals surface area contributed by atoms with E-state index in [0.717, 1.165) is 10.5 Å². The molecule has 0 saturated carbocycles. The molecule has 2 aromatic carbocycles. The number of benzene rings is 2. The van der Waals surface area contributed by atoms with Crippen molar-refractivity contribution in [3.63, 3.8) is 0 Å². The van der Waals surface area contributed by atoms with E-state index in [1.807, 2.05) is 24.3 Å². The minimum atomic E-state index is -0.178. The number of fused-ring (bicyclic) bond motifs is 1. The summed E-state index contributed by atoms with van der Waals surface area (Å²) in [6.45, 7) is 0.632. The molecule has 1 aliphatic rings. The van der Waals surface area contributed by atoms with Gasteiger partial charge in [0.2, 0.25) is 5.91 Å². The van der Waals surface area contributed by atoms with Gasteiger partial charge < -0.3 is 20.0 Å². The van der Waals surface area contributed by atoms with Crippen LogP contribution in [0, 0.1) is 0 Å². The van der Waals surface area contributed by atoms with Gasteiger partial charge in [0.05, 0.1) is 18.5 Å². The fourth-order valence-corrected chi connectivity index (χ4v) is 4.39. The second kappa shape index (κ2) is 9.74. The van der Waals surface area contributed by atoms with Gasteiger partial charge in [-0.3, -0.25) is 14.4 Å². The number of carbonyl (C=O) groups is 3. The van der Waals surface area contributed by atoms with Crippen LogP contribution in [0.3, 0.4) is 0 Å². The highest BCUT2D eigenvalue weighted by molar-refractivity contribution is 7.99. The third kappa shape index (κ3) is 5.03. The van der Waals surface area contributed by atoms with Crippen molar-refractivity contribution in [3.05, 3.63) is 83.3 Å². The van der Waals surface area contributed by atoms with Gasteiger partial charge in [0.25, 0.3) is 11.8 Å². The van der Waals surface area contributed by atoms with E-state index in [9.17, 15) is 14.4 Å². The molecule has 1 aliphatic heterocycles. The van der Waals surface area contributed by atoms with Gasteiger partial charge in [0.15, 0.2) is 0 Å². The van der Waals surface area contributed by atoms with Crippen molar-refractivity contribution in [3.8, 4) is 0 Å². The maximum atomic E-state index is 13.5. The van der Waals surface area contributed by atoms with Crippen molar-refractivity contribution in [1.29, 1.82) is 0 Å². The fourth-order valence-electron chi connectivity index (χ4n) is 3.45. The van der Waals surface area contributed by atoms with Crippen LogP contribution in [0.25, 0.3) is 0 Å². The quantitative estimate of drug-likeness (QED) is 0.595. The summed E-state index contributed by atoms with van der Waals surface area (Å²) in [5.41, 5.74) is 2.59. The Kier molecular flexibility index (Phi) is 6.61. The number of nitrogens with one attached hydrogen (secondary N) is 2. The number of thioether (sulfide) groups is 1. The smallest absolute Gasteiger partial charge is 0.254 e. The molecule has 3 aromatic rings. The van der Waals surface area contributed by atoms with E-state index in [2.05, 4.69) is 10.6 Å². The van der Waals surface area contributed by atoms with Gasteiger partial charge in [-0.15, -0.1) is 11.8 Å². The van der Waals surface area contributed by atoms with E-state index in [-0.39, 0.29) is 17.7 Å². The molecule has 0 saturated heterocycles. The molecule has 0 atom stereocenters. The largest absolute Gasteiger partial charge is 0.467 e. The molecule has 8 heteroatoms. The molecule has 0 unspecified atom stereocenters. The lowest BCUT2D eigenvalue weighted by molar-refractivity contribution is -0.115. The predicted octanol–water partition coefficient (Wildman–Crippen LogP) is 3.92. The molecule has 7 nitrogen and oxygen atoms in total. The first-order valence-electron chi connectivity index (χ1n) is 10.2. The second-order valence-electron chi connectivity index (χ2n) is 7.37. The summed E-state index contributed by atoms with van der Waals surface area (Å²) in [7, 11) is 1.58. The monoisotopic (exact) mass is 449 g/mol. The van der Waals surface area contributed by atoms with Gasteiger partial charge in [-0.05, 0) is 48.0 Å². The summed E-state index contributed by atoms with van der Waals surface area (Å²) in [5, 5.41) is 5.48. The Morgan fingerprint density at radius 1 is 1.09 bits per heavy atom. The average molecular weight is 450 g/mol. The zero-order valence-corrected chi connectivity index (χ0v) is 18.4. The van der Waals surface area contributed by atoms with Crippen LogP contribution in [0.1, 0.15) is 38.5 Å². The third-order valence-electron chi connectivity index (χ3n) is 5.12. The summed E-state index contributed by atoms with van der Waals surface area (Å²) in [5.74, 6) is 0.986. The first kappa shape index (κ1) is 21.7. The Hall–Kier alpha value is -3.52. The van der Waals surface area contributed by atoms with Crippen LogP contribution in [-0.4, -0.2) is 35.4 Å². The Labute approximate surface area is 190 Å². The Bertz CT molecular complexity index is 1130. The maximum absolute atomic E-state index is 13.5. The lowest BCUT2D eigenvalue weighted by Crippen LogP contribution is -2.30. The summed E-state index contributed by atoms with van der Waals surface area (Å²) < 4.78 is 5.47. The maximum Gasteiger partial charge on any atom is 0.254 e. The van der Waals surface area contributed by atoms with E-state index in [0.29, 0.717) is 47.8 Å². The zero-order chi connectivity index (χ0) is 22.5. The minimum Gasteiger partial charge on any atom is -0.467 e. The van der Waals surface area contributed by atoms with Crippen LogP contribution in [0.4, 0.5) is 5.69 Å². The lowest BCUT2D eigenvalue weighted by Gasteiger charge is -2.23. The SMILES string of the molecule is CNC(=O)c1ccc(CN(Cc2ccco2)C(=O)c2ccc3c(c2)NC(=O)CCS3)cc1. The molecular weight excluding hydrogens is 426 g/mol. The second-order valence-corrected chi connectivity index (χ2v) is 8.51. The molecule has 3 amide bonds. The van der Waals surface area contributed by atoms with Crippen LogP contribution in [0.2, 0.25) is 0 Å². The summed E-state index contributed by atoms with van der Waals surface area (Å²) >= 11 is 1.60. The molecule has 4 rings (SSSR count). The average Bonchev–Trinajstić information content (AvgIpc) is 3.24. The van der Waals surface area contributed by atoms with E-state index in [1.165, 1.54) is 0 Å². The molecule has 2 heterocycles. The van der Waals surface area contributed by atoms with Crippen LogP contribution in [0.15, 0.2) is 70.2 Å². The number of hydrogen-bond donors (Lipinski definition) is 2. The van der Waals surface area contributed by atoms with E-state index in [4.69, 9.17) is 4.42 Å². The predicted molar refractivity (Wildman–Crippen MR) is 123 cm³/mol. The first-order valence-corrected chi connectivity index (χ1v) is 11.2. The van der Waals surface area contributed by atoms with Crippen LogP contribution in [-0.2, 0) is 17.9 Å². The van der Waals surface area contributed by atoms with Crippen molar-refractivity contribution in [2.45, 2.75) is 24.4 Å². The molecule has 0 spiro atoms. The molecule has 0 bridgehead atoms. The minimum absolute atomic E-state index is 0.0514. The standard InChI is InChI=1S/C24H23N3O4S/c1-25-23(29)17-6-4-16(5-7-17)14-27(15-19-3-2-11-31-19)24(30)18-8-9-21-20(13-18)26-22(28)10-12-32-21/h2-9,11,13H,10,12,14-15H2,1H3,(H,25,29)(H,26,28). The number of anilines is 1. The van der Waals surface area contributed by atoms with Crippen LogP contribution >= 0.6 is 11.8 Å². The number of rotatable bonds is 6. The topological polar surface area (TPSA) is 91.7 Å². The highest BCUT2D eigenvalue weighted by atomic mass is 32.2.